The quantitative estimate of drug-likeness (QED) is 0.670. The molecule has 0 bridgehead atoms. The Morgan fingerprint density at radius 3 is 2.50 bits per heavy atom. The number of nitrogens with zero attached hydrogens (tertiary/aromatic N) is 1. The topological polar surface area (TPSA) is 84.9 Å². The number of methoxy groups -OCH3 is 2. The maximum atomic E-state index is 13.3. The lowest BCUT2D eigenvalue weighted by atomic mass is 9.95. The van der Waals surface area contributed by atoms with Crippen LogP contribution in [0.4, 0.5) is 5.69 Å². The molecule has 0 unspecified atom stereocenters. The number of para-hydroxylation sites is 1. The lowest BCUT2D eigenvalue weighted by Crippen LogP contribution is -2.43. The molecule has 0 radical (unpaired) electrons. The molecule has 2 aromatic carbocycles. The van der Waals surface area contributed by atoms with E-state index in [1.54, 1.807) is 6.07 Å². The number of hydrogen-bond acceptors (Lipinski definition) is 5. The Morgan fingerprint density at radius 2 is 1.84 bits per heavy atom. The highest BCUT2D eigenvalue weighted by Crippen LogP contribution is 2.33. The van der Waals surface area contributed by atoms with Crippen LogP contribution in [0.15, 0.2) is 41.3 Å². The van der Waals surface area contributed by atoms with E-state index >= 15 is 0 Å². The second-order valence-corrected chi connectivity index (χ2v) is 10.3. The molecule has 0 saturated carbocycles. The van der Waals surface area contributed by atoms with Crippen LogP contribution in [-0.2, 0) is 14.8 Å². The molecule has 32 heavy (non-hydrogen) atoms. The molecule has 1 aliphatic rings. The van der Waals surface area contributed by atoms with Crippen LogP contribution in [0.2, 0.25) is 0 Å². The lowest BCUT2D eigenvalue weighted by Gasteiger charge is -2.31. The van der Waals surface area contributed by atoms with Crippen LogP contribution < -0.4 is 14.8 Å². The van der Waals surface area contributed by atoms with Gasteiger partial charge in [0.2, 0.25) is 15.9 Å². The molecular weight excluding hydrogens is 428 g/mol. The van der Waals surface area contributed by atoms with Crippen LogP contribution in [0.3, 0.4) is 0 Å². The molecule has 1 aliphatic heterocycles. The third kappa shape index (κ3) is 4.91. The third-order valence-electron chi connectivity index (χ3n) is 5.92. The van der Waals surface area contributed by atoms with Gasteiger partial charge in [0.25, 0.3) is 0 Å². The highest BCUT2D eigenvalue weighted by Gasteiger charge is 2.34. The fourth-order valence-corrected chi connectivity index (χ4v) is 5.61. The fraction of sp³-hybridized carbons (Fsp3) is 0.458. The number of sulfonamides is 1. The van der Waals surface area contributed by atoms with E-state index in [1.165, 1.54) is 30.7 Å². The number of ether oxygens (including phenoxy) is 2. The van der Waals surface area contributed by atoms with Gasteiger partial charge in [0, 0.05) is 24.8 Å². The third-order valence-corrected chi connectivity index (χ3v) is 7.78. The first kappa shape index (κ1) is 24.1. The summed E-state index contributed by atoms with van der Waals surface area (Å²) in [6.07, 6.45) is 1.27. The zero-order chi connectivity index (χ0) is 23.5. The van der Waals surface area contributed by atoms with E-state index in [2.05, 4.69) is 19.2 Å². The van der Waals surface area contributed by atoms with Gasteiger partial charge in [-0.2, -0.15) is 4.31 Å². The molecule has 8 heteroatoms. The number of nitrogens with one attached hydrogen (secondary N) is 1. The monoisotopic (exact) mass is 460 g/mol. The Morgan fingerprint density at radius 1 is 1.12 bits per heavy atom. The Hall–Kier alpha value is -2.58. The summed E-state index contributed by atoms with van der Waals surface area (Å²) in [7, 11) is -0.807. The molecule has 0 spiro atoms. The summed E-state index contributed by atoms with van der Waals surface area (Å²) < 4.78 is 38.4. The Kier molecular flexibility index (Phi) is 7.46. The highest BCUT2D eigenvalue weighted by molar-refractivity contribution is 7.89. The van der Waals surface area contributed by atoms with Crippen LogP contribution in [0.25, 0.3) is 0 Å². The molecule has 0 aromatic heterocycles. The molecular formula is C24H32N2O5S. The summed E-state index contributed by atoms with van der Waals surface area (Å²) in [5.74, 6) is 0.507. The van der Waals surface area contributed by atoms with E-state index in [0.717, 1.165) is 16.8 Å². The van der Waals surface area contributed by atoms with Crippen LogP contribution in [0.1, 0.15) is 43.7 Å². The fourth-order valence-electron chi connectivity index (χ4n) is 4.07. The van der Waals surface area contributed by atoms with Gasteiger partial charge in [-0.05, 0) is 48.9 Å². The van der Waals surface area contributed by atoms with Gasteiger partial charge in [0.05, 0.1) is 25.0 Å². The number of benzene rings is 2. The van der Waals surface area contributed by atoms with Gasteiger partial charge in [-0.25, -0.2) is 8.42 Å². The van der Waals surface area contributed by atoms with Crippen molar-refractivity contribution in [1.29, 1.82) is 0 Å². The van der Waals surface area contributed by atoms with Crippen molar-refractivity contribution in [3.63, 3.8) is 0 Å². The summed E-state index contributed by atoms with van der Waals surface area (Å²) in [4.78, 5) is 13.2. The van der Waals surface area contributed by atoms with Crippen LogP contribution in [-0.4, -0.2) is 45.9 Å². The van der Waals surface area contributed by atoms with Crippen molar-refractivity contribution in [3.05, 3.63) is 47.5 Å². The summed E-state index contributed by atoms with van der Waals surface area (Å²) in [5.41, 5.74) is 2.89. The zero-order valence-electron chi connectivity index (χ0n) is 19.3. The van der Waals surface area contributed by atoms with Crippen molar-refractivity contribution in [3.8, 4) is 11.5 Å². The lowest BCUT2D eigenvalue weighted by molar-refractivity contribution is -0.120. The van der Waals surface area contributed by atoms with Crippen LogP contribution >= 0.6 is 0 Å². The molecule has 1 fully saturated rings. The second-order valence-electron chi connectivity index (χ2n) is 8.40. The predicted octanol–water partition coefficient (Wildman–Crippen LogP) is 4.18. The van der Waals surface area contributed by atoms with Crippen molar-refractivity contribution >= 4 is 21.6 Å². The van der Waals surface area contributed by atoms with Gasteiger partial charge in [0.15, 0.2) is 11.5 Å². The molecule has 3 rings (SSSR count). The van der Waals surface area contributed by atoms with E-state index in [0.29, 0.717) is 30.9 Å². The van der Waals surface area contributed by atoms with E-state index < -0.39 is 15.9 Å². The van der Waals surface area contributed by atoms with Gasteiger partial charge in [-0.3, -0.25) is 4.79 Å². The van der Waals surface area contributed by atoms with Gasteiger partial charge in [0.1, 0.15) is 0 Å². The zero-order valence-corrected chi connectivity index (χ0v) is 20.2. The molecule has 1 amide bonds. The summed E-state index contributed by atoms with van der Waals surface area (Å²) >= 11 is 0. The molecule has 1 N–H and O–H groups in total. The first-order valence-electron chi connectivity index (χ1n) is 10.8. The smallest absolute Gasteiger partial charge is 0.243 e. The maximum Gasteiger partial charge on any atom is 0.243 e. The Balaban J connectivity index is 1.80. The summed E-state index contributed by atoms with van der Waals surface area (Å²) in [6.45, 7) is 6.66. The van der Waals surface area contributed by atoms with Crippen molar-refractivity contribution in [2.75, 3.05) is 32.6 Å². The van der Waals surface area contributed by atoms with Crippen molar-refractivity contribution in [2.24, 2.45) is 5.92 Å². The first-order valence-corrected chi connectivity index (χ1v) is 12.3. The Bertz CT molecular complexity index is 1080. The minimum Gasteiger partial charge on any atom is -0.493 e. The van der Waals surface area contributed by atoms with Gasteiger partial charge >= 0.3 is 0 Å². The minimum atomic E-state index is -3.77. The molecule has 0 aliphatic carbocycles. The van der Waals surface area contributed by atoms with E-state index in [4.69, 9.17) is 9.47 Å². The number of amides is 1. The van der Waals surface area contributed by atoms with Gasteiger partial charge in [-0.1, -0.05) is 32.0 Å². The normalized spacial score (nSPS) is 17.2. The summed E-state index contributed by atoms with van der Waals surface area (Å²) in [5, 5.41) is 3.08. The number of carbonyl (C=O) groups excluding carboxylic acids is 1. The Labute approximate surface area is 190 Å². The van der Waals surface area contributed by atoms with E-state index in [9.17, 15) is 13.2 Å². The number of hydrogen-bond donors (Lipinski definition) is 1. The molecule has 7 nitrogen and oxygen atoms in total. The number of carbonyl (C=O) groups is 1. The largest absolute Gasteiger partial charge is 0.493 e. The SMILES string of the molecule is COc1ccc(S(=O)(=O)N2CCC[C@@H](C(=O)Nc3c(C)cccc3C(C)C)C2)cc1OC. The number of anilines is 1. The predicted molar refractivity (Wildman–Crippen MR) is 125 cm³/mol. The van der Waals surface area contributed by atoms with E-state index in [1.807, 2.05) is 25.1 Å². The highest BCUT2D eigenvalue weighted by atomic mass is 32.2. The molecule has 1 saturated heterocycles. The van der Waals surface area contributed by atoms with Crippen LogP contribution in [0.5, 0.6) is 11.5 Å². The number of rotatable bonds is 7. The first-order chi connectivity index (χ1) is 15.2. The molecule has 1 heterocycles. The second kappa shape index (κ2) is 9.92. The van der Waals surface area contributed by atoms with Crippen molar-refractivity contribution in [1.82, 2.24) is 4.31 Å². The van der Waals surface area contributed by atoms with Crippen LogP contribution in [0, 0.1) is 12.8 Å². The molecule has 2 aromatic rings. The van der Waals surface area contributed by atoms with E-state index in [-0.39, 0.29) is 23.3 Å². The number of aryl methyl sites for hydroxylation is 1. The van der Waals surface area contributed by atoms with Gasteiger partial charge < -0.3 is 14.8 Å². The standard InChI is InChI=1S/C24H32N2O5S/c1-16(2)20-10-6-8-17(3)23(20)25-24(27)18-9-7-13-26(15-18)32(28,29)19-11-12-21(30-4)22(14-19)31-5/h6,8,10-12,14,16,18H,7,9,13,15H2,1-5H3,(H,25,27)/t18-/m1/s1. The number of piperidine rings is 1. The summed E-state index contributed by atoms with van der Waals surface area (Å²) in [6, 6.07) is 10.5. The average molecular weight is 461 g/mol. The van der Waals surface area contributed by atoms with Crippen molar-refractivity contribution < 1.29 is 22.7 Å². The average Bonchev–Trinajstić information content (AvgIpc) is 2.79. The van der Waals surface area contributed by atoms with Crippen molar-refractivity contribution in [2.45, 2.75) is 44.4 Å². The minimum absolute atomic E-state index is 0.122. The van der Waals surface area contributed by atoms with Gasteiger partial charge in [-0.15, -0.1) is 0 Å². The molecule has 174 valence electrons. The maximum absolute atomic E-state index is 13.3. The molecule has 1 atom stereocenters.